The van der Waals surface area contributed by atoms with Crippen LogP contribution < -0.4 is 10.5 Å². The van der Waals surface area contributed by atoms with Crippen molar-refractivity contribution in [3.63, 3.8) is 0 Å². The molecule has 7 nitrogen and oxygen atoms in total. The third kappa shape index (κ3) is 3.35. The van der Waals surface area contributed by atoms with Gasteiger partial charge >= 0.3 is 0 Å². The Morgan fingerprint density at radius 1 is 1.45 bits per heavy atom. The fourth-order valence-corrected chi connectivity index (χ4v) is 3.19. The predicted molar refractivity (Wildman–Crippen MR) is 78.4 cm³/mol. The van der Waals surface area contributed by atoms with Crippen molar-refractivity contribution in [1.82, 2.24) is 19.5 Å². The van der Waals surface area contributed by atoms with Crippen LogP contribution in [-0.4, -0.2) is 29.7 Å². The molecule has 20 heavy (non-hydrogen) atoms. The van der Waals surface area contributed by atoms with Crippen LogP contribution in [0.3, 0.4) is 0 Å². The lowest BCUT2D eigenvalue weighted by Crippen LogP contribution is -2.27. The van der Waals surface area contributed by atoms with E-state index in [1.54, 1.807) is 30.1 Å². The molecule has 1 aromatic carbocycles. The van der Waals surface area contributed by atoms with Crippen LogP contribution in [0.15, 0.2) is 33.9 Å². The van der Waals surface area contributed by atoms with Crippen molar-refractivity contribution in [2.75, 3.05) is 12.3 Å². The molecule has 0 amide bonds. The van der Waals surface area contributed by atoms with Crippen LogP contribution in [0.25, 0.3) is 0 Å². The number of aromatic nitrogens is 3. The molecule has 0 spiro atoms. The zero-order chi connectivity index (χ0) is 14.8. The molecule has 0 saturated carbocycles. The van der Waals surface area contributed by atoms with Gasteiger partial charge < -0.3 is 10.3 Å². The third-order valence-electron chi connectivity index (χ3n) is 2.71. The molecular formula is C11H14BrN5O2S. The second-order valence-electron chi connectivity index (χ2n) is 4.19. The maximum atomic E-state index is 12.1. The van der Waals surface area contributed by atoms with Gasteiger partial charge in [-0.25, -0.2) is 13.1 Å². The molecule has 3 N–H and O–H groups in total. The molecule has 0 unspecified atom stereocenters. The summed E-state index contributed by atoms with van der Waals surface area (Å²) in [5.74, 6) is 0.705. The largest absolute Gasteiger partial charge is 0.398 e. The first-order valence-corrected chi connectivity index (χ1v) is 8.05. The molecule has 0 aliphatic carbocycles. The van der Waals surface area contributed by atoms with Gasteiger partial charge in [0, 0.05) is 24.5 Å². The number of rotatable bonds is 5. The van der Waals surface area contributed by atoms with E-state index >= 15 is 0 Å². The Kier molecular flexibility index (Phi) is 4.41. The summed E-state index contributed by atoms with van der Waals surface area (Å²) < 4.78 is 29.2. The standard InChI is InChI=1S/C11H14BrN5O2S/c1-17-7-14-16-11(17)4-5-15-20(18,19)10-3-2-8(12)6-9(10)13/h2-3,6-7,15H,4-5,13H2,1H3. The average molecular weight is 360 g/mol. The monoisotopic (exact) mass is 359 g/mol. The lowest BCUT2D eigenvalue weighted by atomic mass is 10.3. The van der Waals surface area contributed by atoms with Crippen molar-refractivity contribution >= 4 is 31.6 Å². The van der Waals surface area contributed by atoms with Gasteiger partial charge in [0.2, 0.25) is 10.0 Å². The number of nitrogens with two attached hydrogens (primary N) is 1. The van der Waals surface area contributed by atoms with Crippen LogP contribution in [0.2, 0.25) is 0 Å². The topological polar surface area (TPSA) is 103 Å². The Labute approximate surface area is 125 Å². The van der Waals surface area contributed by atoms with E-state index in [9.17, 15) is 8.42 Å². The Morgan fingerprint density at radius 3 is 2.80 bits per heavy atom. The molecule has 1 heterocycles. The number of anilines is 1. The minimum absolute atomic E-state index is 0.0682. The van der Waals surface area contributed by atoms with E-state index in [2.05, 4.69) is 30.8 Å². The van der Waals surface area contributed by atoms with Crippen molar-refractivity contribution in [2.45, 2.75) is 11.3 Å². The number of hydrogen-bond donors (Lipinski definition) is 2. The van der Waals surface area contributed by atoms with Gasteiger partial charge in [-0.05, 0) is 18.2 Å². The van der Waals surface area contributed by atoms with Crippen LogP contribution in [-0.2, 0) is 23.5 Å². The number of hydrogen-bond acceptors (Lipinski definition) is 5. The van der Waals surface area contributed by atoms with Gasteiger partial charge in [0.15, 0.2) is 0 Å². The molecule has 0 aliphatic heterocycles. The van der Waals surface area contributed by atoms with Crippen molar-refractivity contribution in [3.8, 4) is 0 Å². The van der Waals surface area contributed by atoms with E-state index in [0.717, 1.165) is 4.47 Å². The summed E-state index contributed by atoms with van der Waals surface area (Å²) >= 11 is 3.24. The van der Waals surface area contributed by atoms with Crippen molar-refractivity contribution < 1.29 is 8.42 Å². The predicted octanol–water partition coefficient (Wildman–Crippen LogP) is 0.681. The summed E-state index contributed by atoms with van der Waals surface area (Å²) in [7, 11) is -1.82. The number of nitrogens with zero attached hydrogens (tertiary/aromatic N) is 3. The smallest absolute Gasteiger partial charge is 0.242 e. The Bertz CT molecular complexity index is 713. The second kappa shape index (κ2) is 5.90. The first-order valence-electron chi connectivity index (χ1n) is 5.78. The van der Waals surface area contributed by atoms with Crippen LogP contribution in [0, 0.1) is 0 Å². The van der Waals surface area contributed by atoms with Crippen LogP contribution >= 0.6 is 15.9 Å². The number of halogens is 1. The summed E-state index contributed by atoms with van der Waals surface area (Å²) in [6, 6.07) is 4.65. The number of nitrogen functional groups attached to an aromatic ring is 1. The highest BCUT2D eigenvalue weighted by atomic mass is 79.9. The fraction of sp³-hybridized carbons (Fsp3) is 0.273. The highest BCUT2D eigenvalue weighted by molar-refractivity contribution is 9.10. The van der Waals surface area contributed by atoms with E-state index in [1.165, 1.54) is 6.07 Å². The quantitative estimate of drug-likeness (QED) is 0.764. The first kappa shape index (κ1) is 14.9. The van der Waals surface area contributed by atoms with Gasteiger partial charge in [-0.15, -0.1) is 10.2 Å². The van der Waals surface area contributed by atoms with E-state index in [0.29, 0.717) is 12.2 Å². The van der Waals surface area contributed by atoms with Crippen LogP contribution in [0.1, 0.15) is 5.82 Å². The molecule has 0 saturated heterocycles. The van der Waals surface area contributed by atoms with Gasteiger partial charge in [0.1, 0.15) is 17.0 Å². The first-order chi connectivity index (χ1) is 9.40. The molecule has 9 heteroatoms. The lowest BCUT2D eigenvalue weighted by Gasteiger charge is -2.09. The van der Waals surface area contributed by atoms with E-state index in [1.807, 2.05) is 0 Å². The van der Waals surface area contributed by atoms with E-state index in [4.69, 9.17) is 5.73 Å². The molecule has 2 rings (SSSR count). The van der Waals surface area contributed by atoms with Gasteiger partial charge in [0.05, 0.1) is 5.69 Å². The summed E-state index contributed by atoms with van der Waals surface area (Å²) in [5, 5.41) is 7.61. The van der Waals surface area contributed by atoms with Gasteiger partial charge in [0.25, 0.3) is 0 Å². The van der Waals surface area contributed by atoms with Crippen LogP contribution in [0.4, 0.5) is 5.69 Å². The molecule has 0 atom stereocenters. The SMILES string of the molecule is Cn1cnnc1CCNS(=O)(=O)c1ccc(Br)cc1N. The fourth-order valence-electron chi connectivity index (χ4n) is 1.67. The maximum Gasteiger partial charge on any atom is 0.242 e. The molecule has 0 radical (unpaired) electrons. The molecule has 108 valence electrons. The summed E-state index contributed by atoms with van der Waals surface area (Å²) in [6.45, 7) is 0.227. The summed E-state index contributed by atoms with van der Waals surface area (Å²) in [6.07, 6.45) is 2.02. The van der Waals surface area contributed by atoms with Crippen molar-refractivity contribution in [3.05, 3.63) is 34.8 Å². The zero-order valence-corrected chi connectivity index (χ0v) is 13.1. The normalized spacial score (nSPS) is 11.7. The van der Waals surface area contributed by atoms with E-state index < -0.39 is 10.0 Å². The van der Waals surface area contributed by atoms with Crippen molar-refractivity contribution in [2.24, 2.45) is 7.05 Å². The number of sulfonamides is 1. The summed E-state index contributed by atoms with van der Waals surface area (Å²) in [5.41, 5.74) is 5.92. The second-order valence-corrected chi connectivity index (χ2v) is 6.84. The van der Waals surface area contributed by atoms with Crippen LogP contribution in [0.5, 0.6) is 0 Å². The Morgan fingerprint density at radius 2 is 2.20 bits per heavy atom. The lowest BCUT2D eigenvalue weighted by molar-refractivity contribution is 0.580. The minimum atomic E-state index is -3.63. The molecule has 0 aliphatic rings. The van der Waals surface area contributed by atoms with Gasteiger partial charge in [-0.1, -0.05) is 15.9 Å². The minimum Gasteiger partial charge on any atom is -0.398 e. The highest BCUT2D eigenvalue weighted by Gasteiger charge is 2.17. The molecule has 1 aromatic heterocycles. The highest BCUT2D eigenvalue weighted by Crippen LogP contribution is 2.22. The molecule has 2 aromatic rings. The van der Waals surface area contributed by atoms with Crippen molar-refractivity contribution in [1.29, 1.82) is 0 Å². The van der Waals surface area contributed by atoms with Gasteiger partial charge in [-0.3, -0.25) is 0 Å². The average Bonchev–Trinajstić information content (AvgIpc) is 2.74. The third-order valence-corrected chi connectivity index (χ3v) is 4.74. The Hall–Kier alpha value is -1.45. The molecular weight excluding hydrogens is 346 g/mol. The number of nitrogens with one attached hydrogen (secondary N) is 1. The summed E-state index contributed by atoms with van der Waals surface area (Å²) in [4.78, 5) is 0.0682. The molecule has 0 bridgehead atoms. The number of aryl methyl sites for hydroxylation is 1. The Balaban J connectivity index is 2.06. The number of benzene rings is 1. The maximum absolute atomic E-state index is 12.1. The van der Waals surface area contributed by atoms with E-state index in [-0.39, 0.29) is 17.1 Å². The molecule has 0 fully saturated rings. The zero-order valence-electron chi connectivity index (χ0n) is 10.7. The van der Waals surface area contributed by atoms with Gasteiger partial charge in [-0.2, -0.15) is 0 Å².